The van der Waals surface area contributed by atoms with Crippen LogP contribution in [0.25, 0.3) is 0 Å². The average Bonchev–Trinajstić information content (AvgIpc) is 2.71. The van der Waals surface area contributed by atoms with Crippen LogP contribution in [0.15, 0.2) is 17.5 Å². The van der Waals surface area contributed by atoms with Crippen molar-refractivity contribution in [1.29, 1.82) is 0 Å². The molecular formula is C10H13NO2S. The minimum absolute atomic E-state index is 0.202. The summed E-state index contributed by atoms with van der Waals surface area (Å²) in [6.07, 6.45) is 0.742. The zero-order valence-electron chi connectivity index (χ0n) is 8.01. The molecule has 0 spiro atoms. The number of carbonyl (C=O) groups is 1. The molecule has 2 rings (SSSR count). The Balaban J connectivity index is 2.12. The number of carboxylic acids is 1. The molecule has 1 aromatic heterocycles. The first-order chi connectivity index (χ1) is 6.68. The maximum atomic E-state index is 10.8. The summed E-state index contributed by atoms with van der Waals surface area (Å²) in [5, 5.41) is 11.0. The Bertz CT molecular complexity index is 323. The van der Waals surface area contributed by atoms with Crippen LogP contribution >= 0.6 is 11.3 Å². The summed E-state index contributed by atoms with van der Waals surface area (Å²) >= 11 is 1.70. The van der Waals surface area contributed by atoms with Crippen molar-refractivity contribution in [3.05, 3.63) is 22.4 Å². The van der Waals surface area contributed by atoms with Crippen molar-refractivity contribution in [3.63, 3.8) is 0 Å². The van der Waals surface area contributed by atoms with Crippen LogP contribution in [-0.2, 0) is 4.79 Å². The molecule has 0 unspecified atom stereocenters. The largest absolute Gasteiger partial charge is 0.481 e. The van der Waals surface area contributed by atoms with Crippen molar-refractivity contribution in [2.45, 2.75) is 12.5 Å². The van der Waals surface area contributed by atoms with E-state index in [1.54, 1.807) is 11.3 Å². The molecule has 0 radical (unpaired) electrons. The first-order valence-electron chi connectivity index (χ1n) is 4.65. The number of hydrogen-bond donors (Lipinski definition) is 1. The van der Waals surface area contributed by atoms with Crippen molar-refractivity contribution in [1.82, 2.24) is 4.90 Å². The maximum Gasteiger partial charge on any atom is 0.307 e. The van der Waals surface area contributed by atoms with Gasteiger partial charge in [0.05, 0.1) is 5.92 Å². The summed E-state index contributed by atoms with van der Waals surface area (Å²) in [5.74, 6) is -0.872. The SMILES string of the molecule is CN1C[C@H](C(=O)O)C[C@@H]1c1cccs1. The van der Waals surface area contributed by atoms with E-state index in [9.17, 15) is 4.79 Å². The normalized spacial score (nSPS) is 28.1. The van der Waals surface area contributed by atoms with Gasteiger partial charge in [0.15, 0.2) is 0 Å². The van der Waals surface area contributed by atoms with Gasteiger partial charge in [-0.15, -0.1) is 11.3 Å². The molecule has 2 atom stereocenters. The van der Waals surface area contributed by atoms with Crippen LogP contribution in [0, 0.1) is 5.92 Å². The summed E-state index contributed by atoms with van der Waals surface area (Å²) in [6.45, 7) is 0.665. The van der Waals surface area contributed by atoms with E-state index in [1.807, 2.05) is 18.5 Å². The Hall–Kier alpha value is -0.870. The van der Waals surface area contributed by atoms with Crippen molar-refractivity contribution < 1.29 is 9.90 Å². The number of thiophene rings is 1. The van der Waals surface area contributed by atoms with Crippen molar-refractivity contribution in [2.24, 2.45) is 5.92 Å². The monoisotopic (exact) mass is 211 g/mol. The number of hydrogen-bond acceptors (Lipinski definition) is 3. The number of nitrogens with zero attached hydrogens (tertiary/aromatic N) is 1. The molecule has 1 saturated heterocycles. The summed E-state index contributed by atoms with van der Waals surface area (Å²) in [6, 6.07) is 4.40. The Morgan fingerprint density at radius 1 is 1.71 bits per heavy atom. The smallest absolute Gasteiger partial charge is 0.307 e. The molecular weight excluding hydrogens is 198 g/mol. The second-order valence-corrected chi connectivity index (χ2v) is 4.72. The average molecular weight is 211 g/mol. The van der Waals surface area contributed by atoms with Gasteiger partial charge in [0, 0.05) is 17.5 Å². The van der Waals surface area contributed by atoms with Crippen LogP contribution < -0.4 is 0 Å². The van der Waals surface area contributed by atoms with Crippen LogP contribution in [0.4, 0.5) is 0 Å². The molecule has 76 valence electrons. The van der Waals surface area contributed by atoms with Gasteiger partial charge in [0.25, 0.3) is 0 Å². The van der Waals surface area contributed by atoms with Crippen LogP contribution in [0.3, 0.4) is 0 Å². The molecule has 1 aliphatic heterocycles. The lowest BCUT2D eigenvalue weighted by Crippen LogP contribution is -2.20. The van der Waals surface area contributed by atoms with E-state index in [2.05, 4.69) is 11.0 Å². The summed E-state index contributed by atoms with van der Waals surface area (Å²) in [7, 11) is 1.99. The highest BCUT2D eigenvalue weighted by molar-refractivity contribution is 7.10. The quantitative estimate of drug-likeness (QED) is 0.811. The van der Waals surface area contributed by atoms with Gasteiger partial charge in [0.2, 0.25) is 0 Å². The lowest BCUT2D eigenvalue weighted by molar-refractivity contribution is -0.141. The third-order valence-electron chi connectivity index (χ3n) is 2.77. The molecule has 4 heteroatoms. The minimum Gasteiger partial charge on any atom is -0.481 e. The van der Waals surface area contributed by atoms with E-state index < -0.39 is 5.97 Å². The highest BCUT2D eigenvalue weighted by Gasteiger charge is 2.34. The van der Waals surface area contributed by atoms with Gasteiger partial charge < -0.3 is 5.11 Å². The molecule has 0 saturated carbocycles. The van der Waals surface area contributed by atoms with Crippen molar-refractivity contribution >= 4 is 17.3 Å². The van der Waals surface area contributed by atoms with Crippen LogP contribution in [0.5, 0.6) is 0 Å². The molecule has 1 fully saturated rings. The summed E-state index contributed by atoms with van der Waals surface area (Å²) in [4.78, 5) is 14.2. The first kappa shape index (κ1) is 9.68. The number of rotatable bonds is 2. The van der Waals surface area contributed by atoms with E-state index in [4.69, 9.17) is 5.11 Å². The third-order valence-corrected chi connectivity index (χ3v) is 3.74. The molecule has 1 aromatic rings. The van der Waals surface area contributed by atoms with E-state index in [-0.39, 0.29) is 5.92 Å². The lowest BCUT2D eigenvalue weighted by atomic mass is 10.1. The Labute approximate surface area is 87.0 Å². The van der Waals surface area contributed by atoms with Gasteiger partial charge >= 0.3 is 5.97 Å². The second kappa shape index (κ2) is 3.71. The highest BCUT2D eigenvalue weighted by Crippen LogP contribution is 2.36. The number of carboxylic acid groups (broad SMARTS) is 1. The predicted molar refractivity (Wildman–Crippen MR) is 55.4 cm³/mol. The Morgan fingerprint density at radius 2 is 2.50 bits per heavy atom. The fraction of sp³-hybridized carbons (Fsp3) is 0.500. The highest BCUT2D eigenvalue weighted by atomic mass is 32.1. The van der Waals surface area contributed by atoms with Gasteiger partial charge in [-0.05, 0) is 24.9 Å². The van der Waals surface area contributed by atoms with Crippen LogP contribution in [0.2, 0.25) is 0 Å². The van der Waals surface area contributed by atoms with Crippen molar-refractivity contribution in [2.75, 3.05) is 13.6 Å². The molecule has 0 aromatic carbocycles. The molecule has 14 heavy (non-hydrogen) atoms. The molecule has 1 aliphatic rings. The van der Waals surface area contributed by atoms with Gasteiger partial charge in [-0.3, -0.25) is 9.69 Å². The molecule has 3 nitrogen and oxygen atoms in total. The van der Waals surface area contributed by atoms with Gasteiger partial charge in [-0.1, -0.05) is 6.07 Å². The standard InChI is InChI=1S/C10H13NO2S/c1-11-6-7(10(12)13)5-8(11)9-3-2-4-14-9/h2-4,7-8H,5-6H2,1H3,(H,12,13)/t7-,8-/m1/s1. The third kappa shape index (κ3) is 1.67. The second-order valence-electron chi connectivity index (χ2n) is 3.74. The zero-order chi connectivity index (χ0) is 10.1. The number of aliphatic carboxylic acids is 1. The molecule has 0 amide bonds. The lowest BCUT2D eigenvalue weighted by Gasteiger charge is -2.16. The van der Waals surface area contributed by atoms with Gasteiger partial charge in [-0.2, -0.15) is 0 Å². The first-order valence-corrected chi connectivity index (χ1v) is 5.53. The Morgan fingerprint density at radius 3 is 3.00 bits per heavy atom. The van der Waals surface area contributed by atoms with Crippen LogP contribution in [-0.4, -0.2) is 29.6 Å². The van der Waals surface area contributed by atoms with Gasteiger partial charge in [-0.25, -0.2) is 0 Å². The fourth-order valence-electron chi connectivity index (χ4n) is 1.99. The molecule has 0 aliphatic carbocycles. The van der Waals surface area contributed by atoms with Crippen LogP contribution in [0.1, 0.15) is 17.3 Å². The number of likely N-dealkylation sites (tertiary alicyclic amines) is 1. The van der Waals surface area contributed by atoms with E-state index in [0.717, 1.165) is 6.42 Å². The Kier molecular flexibility index (Phi) is 2.56. The zero-order valence-corrected chi connectivity index (χ0v) is 8.83. The fourth-order valence-corrected chi connectivity index (χ4v) is 2.90. The van der Waals surface area contributed by atoms with E-state index in [0.29, 0.717) is 12.6 Å². The molecule has 1 N–H and O–H groups in total. The topological polar surface area (TPSA) is 40.5 Å². The summed E-state index contributed by atoms with van der Waals surface area (Å²) in [5.41, 5.74) is 0. The molecule has 2 heterocycles. The molecule has 0 bridgehead atoms. The van der Waals surface area contributed by atoms with E-state index >= 15 is 0 Å². The predicted octanol–water partition coefficient (Wildman–Crippen LogP) is 1.83. The summed E-state index contributed by atoms with van der Waals surface area (Å²) < 4.78 is 0. The van der Waals surface area contributed by atoms with E-state index in [1.165, 1.54) is 4.88 Å². The van der Waals surface area contributed by atoms with Gasteiger partial charge in [0.1, 0.15) is 0 Å². The maximum absolute atomic E-state index is 10.8. The van der Waals surface area contributed by atoms with Crippen molar-refractivity contribution in [3.8, 4) is 0 Å². The minimum atomic E-state index is -0.670.